The lowest BCUT2D eigenvalue weighted by Gasteiger charge is -2.10. The Morgan fingerprint density at radius 3 is 2.21 bits per heavy atom. The molecule has 0 bridgehead atoms. The zero-order valence-corrected chi connectivity index (χ0v) is 10.0. The van der Waals surface area contributed by atoms with Crippen molar-refractivity contribution in [1.82, 2.24) is 0 Å². The van der Waals surface area contributed by atoms with Crippen molar-refractivity contribution in [3.05, 3.63) is 29.8 Å². The van der Waals surface area contributed by atoms with Gasteiger partial charge in [-0.15, -0.1) is 0 Å². The van der Waals surface area contributed by atoms with E-state index in [0.29, 0.717) is 5.69 Å². The third kappa shape index (κ3) is 4.76. The van der Waals surface area contributed by atoms with Crippen LogP contribution in [0.3, 0.4) is 0 Å². The van der Waals surface area contributed by atoms with Gasteiger partial charge in [-0.2, -0.15) is 0 Å². The van der Waals surface area contributed by atoms with E-state index >= 15 is 0 Å². The first-order valence-corrected chi connectivity index (χ1v) is 5.55. The Morgan fingerprint density at radius 1 is 1.16 bits per heavy atom. The second kappa shape index (κ2) is 6.50. The Kier molecular flexibility index (Phi) is 5.01. The third-order valence-corrected chi connectivity index (χ3v) is 2.46. The summed E-state index contributed by atoms with van der Waals surface area (Å²) in [4.78, 5) is 32.4. The molecular weight excluding hydrogens is 252 g/mol. The van der Waals surface area contributed by atoms with E-state index < -0.39 is 18.0 Å². The van der Waals surface area contributed by atoms with Crippen molar-refractivity contribution in [2.45, 2.75) is 18.9 Å². The number of rotatable bonds is 6. The first kappa shape index (κ1) is 14.7. The van der Waals surface area contributed by atoms with E-state index in [-0.39, 0.29) is 24.3 Å². The molecule has 4 N–H and O–H groups in total. The summed E-state index contributed by atoms with van der Waals surface area (Å²) in [6.45, 7) is 0. The van der Waals surface area contributed by atoms with Gasteiger partial charge in [0.05, 0.1) is 11.9 Å². The molecule has 1 amide bonds. The number of carbonyl (C=O) groups excluding carboxylic acids is 3. The van der Waals surface area contributed by atoms with Crippen LogP contribution < -0.4 is 21.3 Å². The van der Waals surface area contributed by atoms with Crippen LogP contribution in [0.1, 0.15) is 23.2 Å². The van der Waals surface area contributed by atoms with Gasteiger partial charge >= 0.3 is 0 Å². The number of hydrogen-bond acceptors (Lipinski definition) is 5. The normalized spacial score (nSPS) is 11.6. The molecule has 0 aliphatic rings. The van der Waals surface area contributed by atoms with E-state index in [0.717, 1.165) is 0 Å². The minimum absolute atomic E-state index is 0.00720. The molecule has 1 atom stereocenters. The van der Waals surface area contributed by atoms with Crippen molar-refractivity contribution < 1.29 is 30.3 Å². The highest BCUT2D eigenvalue weighted by Gasteiger charge is 2.10. The Balaban J connectivity index is 2.48. The van der Waals surface area contributed by atoms with Crippen LogP contribution in [0.5, 0.6) is 0 Å². The van der Waals surface area contributed by atoms with Crippen molar-refractivity contribution in [2.24, 2.45) is 0 Å². The average Bonchev–Trinajstić information content (AvgIpc) is 2.36. The minimum atomic E-state index is -1.30. The molecule has 1 aromatic rings. The molecule has 0 saturated carbocycles. The highest BCUT2D eigenvalue weighted by molar-refractivity contribution is 5.92. The molecule has 0 saturated heterocycles. The zero-order chi connectivity index (χ0) is 14.4. The number of anilines is 1. The van der Waals surface area contributed by atoms with Crippen LogP contribution in [0.15, 0.2) is 24.3 Å². The highest BCUT2D eigenvalue weighted by Crippen LogP contribution is 2.09. The van der Waals surface area contributed by atoms with Gasteiger partial charge in [0.25, 0.3) is 0 Å². The monoisotopic (exact) mass is 265 g/mol. The Morgan fingerprint density at radius 2 is 1.74 bits per heavy atom. The summed E-state index contributed by atoms with van der Waals surface area (Å²) < 4.78 is 0. The molecule has 0 spiro atoms. The van der Waals surface area contributed by atoms with E-state index in [2.05, 4.69) is 11.1 Å². The van der Waals surface area contributed by atoms with Crippen LogP contribution in [0.2, 0.25) is 0 Å². The first-order valence-electron chi connectivity index (χ1n) is 5.55. The Bertz CT molecular complexity index is 483. The molecule has 7 nitrogen and oxygen atoms in total. The topological polar surface area (TPSA) is 137 Å². The molecule has 0 radical (unpaired) electrons. The number of nitrogens with one attached hydrogen (secondary N) is 1. The predicted octanol–water partition coefficient (Wildman–Crippen LogP) is -2.87. The first-order chi connectivity index (χ1) is 8.90. The molecule has 1 rings (SSSR count). The van der Waals surface area contributed by atoms with Gasteiger partial charge in [-0.3, -0.25) is 4.79 Å². The summed E-state index contributed by atoms with van der Waals surface area (Å²) in [6, 6.07) is 4.51. The van der Waals surface area contributed by atoms with Crippen molar-refractivity contribution in [3.63, 3.8) is 0 Å². The summed E-state index contributed by atoms with van der Waals surface area (Å²) in [5.74, 6) is -2.98. The molecule has 0 aliphatic carbocycles. The fourth-order valence-electron chi connectivity index (χ4n) is 1.34. The summed E-state index contributed by atoms with van der Waals surface area (Å²) in [6.07, 6.45) is 0.0652. The van der Waals surface area contributed by atoms with E-state index in [1.54, 1.807) is 0 Å². The van der Waals surface area contributed by atoms with Crippen LogP contribution >= 0.6 is 0 Å². The lowest BCUT2D eigenvalue weighted by atomic mass is 10.1. The van der Waals surface area contributed by atoms with Gasteiger partial charge in [-0.1, -0.05) is 12.1 Å². The zero-order valence-electron chi connectivity index (χ0n) is 10.0. The summed E-state index contributed by atoms with van der Waals surface area (Å²) >= 11 is 0. The van der Waals surface area contributed by atoms with Gasteiger partial charge in [0.1, 0.15) is 6.04 Å². The van der Waals surface area contributed by atoms with Gasteiger partial charge in [0.2, 0.25) is 5.91 Å². The number of carboxylic acids is 2. The molecule has 19 heavy (non-hydrogen) atoms. The number of benzene rings is 1. The van der Waals surface area contributed by atoms with E-state index in [4.69, 9.17) is 0 Å². The third-order valence-electron chi connectivity index (χ3n) is 2.46. The van der Waals surface area contributed by atoms with E-state index in [1.807, 2.05) is 0 Å². The van der Waals surface area contributed by atoms with Crippen molar-refractivity contribution in [2.75, 3.05) is 5.32 Å². The number of carbonyl (C=O) groups is 3. The van der Waals surface area contributed by atoms with Crippen molar-refractivity contribution in [1.29, 1.82) is 0 Å². The van der Waals surface area contributed by atoms with Crippen LogP contribution in [0.25, 0.3) is 0 Å². The maximum Gasteiger partial charge on any atom is 0.224 e. The van der Waals surface area contributed by atoms with Crippen LogP contribution in [-0.4, -0.2) is 23.9 Å². The number of aliphatic carboxylic acids is 1. The highest BCUT2D eigenvalue weighted by atomic mass is 16.4. The van der Waals surface area contributed by atoms with Gasteiger partial charge < -0.3 is 30.9 Å². The second-order valence-electron chi connectivity index (χ2n) is 3.97. The van der Waals surface area contributed by atoms with Gasteiger partial charge in [0, 0.05) is 18.5 Å². The maximum absolute atomic E-state index is 11.5. The minimum Gasteiger partial charge on any atom is -0.545 e. The molecule has 0 aliphatic heterocycles. The fraction of sp³-hybridized carbons (Fsp3) is 0.250. The number of aromatic carboxylic acids is 1. The Hall–Kier alpha value is -2.41. The predicted molar refractivity (Wildman–Crippen MR) is 60.3 cm³/mol. The van der Waals surface area contributed by atoms with Gasteiger partial charge in [-0.25, -0.2) is 0 Å². The molecule has 1 aromatic carbocycles. The van der Waals surface area contributed by atoms with Crippen molar-refractivity contribution in [3.8, 4) is 0 Å². The van der Waals surface area contributed by atoms with Crippen LogP contribution in [-0.2, 0) is 9.59 Å². The maximum atomic E-state index is 11.5. The van der Waals surface area contributed by atoms with E-state index in [1.165, 1.54) is 24.3 Å². The summed E-state index contributed by atoms with van der Waals surface area (Å²) in [5, 5.41) is 23.4. The number of amides is 1. The standard InChI is InChI=1S/C12H14N2O5/c13-9(12(18)19)5-6-10(15)14-8-3-1-7(2-4-8)11(16)17/h1-4,9H,5-6,13H2,(H,14,15)(H,16,17)(H,18,19)/p-1/t9-/m0/s1. The van der Waals surface area contributed by atoms with Crippen molar-refractivity contribution >= 4 is 23.5 Å². The Labute approximate surface area is 109 Å². The van der Waals surface area contributed by atoms with Crippen LogP contribution in [0.4, 0.5) is 5.69 Å². The lowest BCUT2D eigenvalue weighted by molar-refractivity contribution is -0.438. The molecule has 0 aromatic heterocycles. The smallest absolute Gasteiger partial charge is 0.224 e. The fourth-order valence-corrected chi connectivity index (χ4v) is 1.34. The molecule has 0 unspecified atom stereocenters. The second-order valence-corrected chi connectivity index (χ2v) is 3.97. The van der Waals surface area contributed by atoms with Gasteiger partial charge in [-0.05, 0) is 17.7 Å². The molecule has 7 heteroatoms. The SMILES string of the molecule is [NH3+][C@@H](CCC(=O)Nc1ccc(C(=O)[O-])cc1)C(=O)[O-]. The van der Waals surface area contributed by atoms with E-state index in [9.17, 15) is 24.6 Å². The molecule has 0 heterocycles. The number of quaternary nitrogens is 1. The summed E-state index contributed by atoms with van der Waals surface area (Å²) in [7, 11) is 0. The summed E-state index contributed by atoms with van der Waals surface area (Å²) in [5.41, 5.74) is 3.76. The van der Waals surface area contributed by atoms with Gasteiger partial charge in [0.15, 0.2) is 0 Å². The average molecular weight is 265 g/mol. The lowest BCUT2D eigenvalue weighted by Crippen LogP contribution is -2.68. The molecule has 0 fully saturated rings. The number of carboxylic acid groups (broad SMARTS) is 2. The molecule has 102 valence electrons. The largest absolute Gasteiger partial charge is 0.545 e. The number of hydrogen-bond donors (Lipinski definition) is 2. The van der Waals surface area contributed by atoms with Crippen LogP contribution in [0, 0.1) is 0 Å². The quantitative estimate of drug-likeness (QED) is 0.569. The molecular formula is C12H13N2O5-.